The number of nitrogens with two attached hydrogens (primary N) is 2. The summed E-state index contributed by atoms with van der Waals surface area (Å²) >= 11 is 0. The fourth-order valence-electron chi connectivity index (χ4n) is 2.47. The summed E-state index contributed by atoms with van der Waals surface area (Å²) in [6.07, 6.45) is -4.19. The van der Waals surface area contributed by atoms with Crippen LogP contribution in [0.4, 0.5) is 22.0 Å². The van der Waals surface area contributed by atoms with Gasteiger partial charge in [0.2, 0.25) is 5.82 Å². The quantitative estimate of drug-likeness (QED) is 0.353. The van der Waals surface area contributed by atoms with Gasteiger partial charge in [-0.2, -0.15) is 0 Å². The van der Waals surface area contributed by atoms with Crippen LogP contribution in [0.5, 0.6) is 0 Å². The molecule has 0 aromatic heterocycles. The molecule has 23 heavy (non-hydrogen) atoms. The van der Waals surface area contributed by atoms with E-state index in [0.29, 0.717) is 0 Å². The summed E-state index contributed by atoms with van der Waals surface area (Å²) in [6.45, 7) is -1.02. The summed E-state index contributed by atoms with van der Waals surface area (Å²) in [5, 5.41) is 19.5. The highest BCUT2D eigenvalue weighted by Gasteiger charge is 2.41. The Labute approximate surface area is 127 Å². The first-order valence-electron chi connectivity index (χ1n) is 6.66. The number of halogens is 5. The van der Waals surface area contributed by atoms with E-state index in [0.717, 1.165) is 0 Å². The second kappa shape index (κ2) is 6.65. The van der Waals surface area contributed by atoms with Crippen LogP contribution in [0.25, 0.3) is 0 Å². The van der Waals surface area contributed by atoms with Crippen molar-refractivity contribution in [2.24, 2.45) is 11.5 Å². The molecule has 2 rings (SSSR count). The smallest absolute Gasteiger partial charge is 0.200 e. The molecule has 1 saturated carbocycles. The molecule has 1 aliphatic carbocycles. The first-order valence-corrected chi connectivity index (χ1v) is 6.66. The van der Waals surface area contributed by atoms with Gasteiger partial charge in [0.15, 0.2) is 23.3 Å². The van der Waals surface area contributed by atoms with E-state index in [1.807, 2.05) is 0 Å². The lowest BCUT2D eigenvalue weighted by molar-refractivity contribution is -0.132. The van der Waals surface area contributed by atoms with Crippen LogP contribution in [0.15, 0.2) is 0 Å². The fraction of sp³-hybridized carbons (Fsp3) is 0.538. The molecule has 1 aliphatic rings. The molecule has 5 nitrogen and oxygen atoms in total. The van der Waals surface area contributed by atoms with Crippen molar-refractivity contribution < 1.29 is 36.9 Å². The Morgan fingerprint density at radius 3 is 1.83 bits per heavy atom. The lowest BCUT2D eigenvalue weighted by Gasteiger charge is -2.39. The summed E-state index contributed by atoms with van der Waals surface area (Å²) in [5.41, 5.74) is 10.0. The van der Waals surface area contributed by atoms with Crippen LogP contribution in [0.1, 0.15) is 12.0 Å². The van der Waals surface area contributed by atoms with Crippen LogP contribution >= 0.6 is 0 Å². The minimum Gasteiger partial charge on any atom is -0.389 e. The lowest BCUT2D eigenvalue weighted by atomic mass is 9.85. The van der Waals surface area contributed by atoms with Gasteiger partial charge in [0.05, 0.1) is 18.3 Å². The highest BCUT2D eigenvalue weighted by atomic mass is 19.2. The van der Waals surface area contributed by atoms with Gasteiger partial charge in [0, 0.05) is 12.1 Å². The van der Waals surface area contributed by atoms with Crippen molar-refractivity contribution in [2.45, 2.75) is 43.4 Å². The standard InChI is InChI=1S/C13H15F5N2O3/c14-6-3(7(15)9(17)10(18)8(6)16)2-23-13-5(20)1-4(19)11(21)12(13)22/h4-5,11-13,21-22H,1-2,19-20H2/t4-,5+,11+,12-,13-/m1/s1. The molecule has 1 aromatic carbocycles. The van der Waals surface area contributed by atoms with Crippen molar-refractivity contribution in [2.75, 3.05) is 0 Å². The fourth-order valence-corrected chi connectivity index (χ4v) is 2.47. The number of benzene rings is 1. The number of hydrogen-bond acceptors (Lipinski definition) is 5. The van der Waals surface area contributed by atoms with Gasteiger partial charge >= 0.3 is 0 Å². The topological polar surface area (TPSA) is 102 Å². The Kier molecular flexibility index (Phi) is 5.21. The van der Waals surface area contributed by atoms with E-state index in [-0.39, 0.29) is 6.42 Å². The van der Waals surface area contributed by atoms with Gasteiger partial charge in [0.25, 0.3) is 0 Å². The average molecular weight is 342 g/mol. The van der Waals surface area contributed by atoms with Gasteiger partial charge in [-0.15, -0.1) is 0 Å². The van der Waals surface area contributed by atoms with Crippen LogP contribution in [-0.4, -0.2) is 40.6 Å². The number of aliphatic hydroxyl groups excluding tert-OH is 2. The Hall–Kier alpha value is -1.33. The molecule has 5 atom stereocenters. The monoisotopic (exact) mass is 342 g/mol. The van der Waals surface area contributed by atoms with Crippen molar-refractivity contribution in [3.05, 3.63) is 34.6 Å². The molecule has 0 spiro atoms. The van der Waals surface area contributed by atoms with Gasteiger partial charge in [-0.25, -0.2) is 22.0 Å². The molecule has 0 unspecified atom stereocenters. The SMILES string of the molecule is N[C@@H]1C[C@H](N)[C@@H](OCc2c(F)c(F)c(F)c(F)c2F)[C@H](O)[C@H]1O. The van der Waals surface area contributed by atoms with Crippen molar-refractivity contribution in [3.8, 4) is 0 Å². The van der Waals surface area contributed by atoms with Crippen LogP contribution < -0.4 is 11.5 Å². The number of aliphatic hydroxyl groups is 2. The maximum Gasteiger partial charge on any atom is 0.200 e. The number of rotatable bonds is 3. The molecule has 6 N–H and O–H groups in total. The van der Waals surface area contributed by atoms with Gasteiger partial charge in [-0.05, 0) is 6.42 Å². The summed E-state index contributed by atoms with van der Waals surface area (Å²) in [6, 6.07) is -1.71. The molecular formula is C13H15F5N2O3. The van der Waals surface area contributed by atoms with Crippen LogP contribution in [0, 0.1) is 29.1 Å². The predicted molar refractivity (Wildman–Crippen MR) is 67.4 cm³/mol. The normalized spacial score (nSPS) is 31.4. The Balaban J connectivity index is 2.21. The predicted octanol–water partition coefficient (Wildman–Crippen LogP) is 0.0474. The second-order valence-electron chi connectivity index (χ2n) is 5.37. The zero-order chi connectivity index (χ0) is 17.5. The largest absolute Gasteiger partial charge is 0.389 e. The van der Waals surface area contributed by atoms with Gasteiger partial charge < -0.3 is 26.4 Å². The molecule has 0 bridgehead atoms. The minimum atomic E-state index is -2.28. The van der Waals surface area contributed by atoms with E-state index in [4.69, 9.17) is 16.2 Å². The number of ether oxygens (including phenoxy) is 1. The Bertz CT molecular complexity index is 574. The van der Waals surface area contributed by atoms with E-state index >= 15 is 0 Å². The van der Waals surface area contributed by atoms with Gasteiger partial charge in [-0.1, -0.05) is 0 Å². The zero-order valence-corrected chi connectivity index (χ0v) is 11.6. The maximum atomic E-state index is 13.5. The van der Waals surface area contributed by atoms with E-state index in [9.17, 15) is 32.2 Å². The average Bonchev–Trinajstić information content (AvgIpc) is 2.51. The highest BCUT2D eigenvalue weighted by Crippen LogP contribution is 2.26. The maximum absolute atomic E-state index is 13.5. The van der Waals surface area contributed by atoms with E-state index in [1.165, 1.54) is 0 Å². The van der Waals surface area contributed by atoms with Crippen molar-refractivity contribution in [3.63, 3.8) is 0 Å². The molecule has 0 amide bonds. The molecule has 0 saturated heterocycles. The third-order valence-electron chi connectivity index (χ3n) is 3.81. The number of hydrogen-bond donors (Lipinski definition) is 4. The first-order chi connectivity index (χ1) is 10.7. The molecule has 0 aliphatic heterocycles. The molecule has 0 heterocycles. The lowest BCUT2D eigenvalue weighted by Crippen LogP contribution is -2.61. The summed E-state index contributed by atoms with van der Waals surface area (Å²) in [5.74, 6) is -10.5. The summed E-state index contributed by atoms with van der Waals surface area (Å²) in [7, 11) is 0. The highest BCUT2D eigenvalue weighted by molar-refractivity contribution is 5.23. The molecular weight excluding hydrogens is 327 g/mol. The molecule has 1 fully saturated rings. The molecule has 130 valence electrons. The van der Waals surface area contributed by atoms with E-state index in [2.05, 4.69) is 0 Å². The molecule has 0 radical (unpaired) electrons. The van der Waals surface area contributed by atoms with Gasteiger partial charge in [0.1, 0.15) is 12.2 Å². The van der Waals surface area contributed by atoms with Crippen LogP contribution in [0.3, 0.4) is 0 Å². The molecule has 1 aromatic rings. The summed E-state index contributed by atoms with van der Waals surface area (Å²) in [4.78, 5) is 0. The van der Waals surface area contributed by atoms with Crippen molar-refractivity contribution in [1.29, 1.82) is 0 Å². The third kappa shape index (κ3) is 3.17. The van der Waals surface area contributed by atoms with Crippen molar-refractivity contribution in [1.82, 2.24) is 0 Å². The zero-order valence-electron chi connectivity index (χ0n) is 11.6. The summed E-state index contributed by atoms with van der Waals surface area (Å²) < 4.78 is 71.2. The van der Waals surface area contributed by atoms with E-state index in [1.54, 1.807) is 0 Å². The van der Waals surface area contributed by atoms with Gasteiger partial charge in [-0.3, -0.25) is 0 Å². The second-order valence-corrected chi connectivity index (χ2v) is 5.37. The van der Waals surface area contributed by atoms with E-state index < -0.39 is 71.7 Å². The van der Waals surface area contributed by atoms with Crippen LogP contribution in [-0.2, 0) is 11.3 Å². The Morgan fingerprint density at radius 2 is 1.30 bits per heavy atom. The Morgan fingerprint density at radius 1 is 0.826 bits per heavy atom. The minimum absolute atomic E-state index is 0.0417. The van der Waals surface area contributed by atoms with Crippen molar-refractivity contribution >= 4 is 0 Å². The molecule has 10 heteroatoms. The van der Waals surface area contributed by atoms with Crippen LogP contribution in [0.2, 0.25) is 0 Å². The first kappa shape index (κ1) is 18.0. The third-order valence-corrected chi connectivity index (χ3v) is 3.81.